The predicted molar refractivity (Wildman–Crippen MR) is 130 cm³/mol. The molecule has 1 aromatic carbocycles. The van der Waals surface area contributed by atoms with Crippen molar-refractivity contribution < 1.29 is 4.79 Å². The molecule has 0 radical (unpaired) electrons. The topological polar surface area (TPSA) is 65.5 Å². The third kappa shape index (κ3) is 3.79. The second-order valence-electron chi connectivity index (χ2n) is 8.74. The fourth-order valence-electron chi connectivity index (χ4n) is 5.05. The van der Waals surface area contributed by atoms with Crippen molar-refractivity contribution in [3.63, 3.8) is 0 Å². The number of rotatable bonds is 4. The Morgan fingerprint density at radius 1 is 1.22 bits per heavy atom. The molecule has 5 nitrogen and oxygen atoms in total. The van der Waals surface area contributed by atoms with Gasteiger partial charge in [-0.15, -0.1) is 0 Å². The molecule has 2 bridgehead atoms. The summed E-state index contributed by atoms with van der Waals surface area (Å²) in [6.45, 7) is 4.22. The quantitative estimate of drug-likeness (QED) is 0.576. The van der Waals surface area contributed by atoms with E-state index in [4.69, 9.17) is 4.99 Å². The van der Waals surface area contributed by atoms with Crippen molar-refractivity contribution in [2.75, 3.05) is 14.1 Å². The lowest BCUT2D eigenvalue weighted by molar-refractivity contribution is 0.0827. The summed E-state index contributed by atoms with van der Waals surface area (Å²) in [6.07, 6.45) is 11.7. The first kappa shape index (κ1) is 21.8. The minimum absolute atomic E-state index is 0.0296. The lowest BCUT2D eigenvalue weighted by atomic mass is 9.63. The Hall–Kier alpha value is -3.47. The number of aliphatic imine (C=N–C) groups is 1. The molecule has 2 unspecified atom stereocenters. The number of nitrogens with one attached hydrogen (secondary N) is 1. The Labute approximate surface area is 188 Å². The maximum absolute atomic E-state index is 12.5. The van der Waals surface area contributed by atoms with Gasteiger partial charge in [-0.1, -0.05) is 42.0 Å². The zero-order valence-electron chi connectivity index (χ0n) is 19.1. The molecule has 1 aromatic heterocycles. The van der Waals surface area contributed by atoms with E-state index in [1.54, 1.807) is 25.1 Å². The number of fused-ring (bicyclic) bond motifs is 4. The standard InChI is InChI=1S/C27H29N3O2/c1-5-22-20-15-18(2)17-27(22,23-12-13-25(31)29-24(23)16-20)28-14-8-10-19-9-6-7-11-21(19)26(32)30(3)4/h5-15,20H,16-17H2,1-4H3,(H,29,31). The Morgan fingerprint density at radius 3 is 2.75 bits per heavy atom. The summed E-state index contributed by atoms with van der Waals surface area (Å²) in [7, 11) is 3.50. The minimum Gasteiger partial charge on any atom is -0.345 e. The van der Waals surface area contributed by atoms with Crippen molar-refractivity contribution in [2.45, 2.75) is 32.2 Å². The van der Waals surface area contributed by atoms with Crippen molar-refractivity contribution in [3.8, 4) is 0 Å². The third-order valence-corrected chi connectivity index (χ3v) is 6.33. The van der Waals surface area contributed by atoms with Crippen molar-refractivity contribution in [3.05, 3.63) is 98.5 Å². The summed E-state index contributed by atoms with van der Waals surface area (Å²) >= 11 is 0. The van der Waals surface area contributed by atoms with Crippen LogP contribution in [0.3, 0.4) is 0 Å². The fourth-order valence-corrected chi connectivity index (χ4v) is 5.05. The highest BCUT2D eigenvalue weighted by Crippen LogP contribution is 2.51. The van der Waals surface area contributed by atoms with E-state index in [2.05, 4.69) is 31.0 Å². The zero-order valence-corrected chi connectivity index (χ0v) is 19.1. The van der Waals surface area contributed by atoms with Gasteiger partial charge in [0.2, 0.25) is 5.56 Å². The molecular weight excluding hydrogens is 398 g/mol. The van der Waals surface area contributed by atoms with Crippen molar-refractivity contribution in [1.29, 1.82) is 0 Å². The van der Waals surface area contributed by atoms with Gasteiger partial charge < -0.3 is 9.88 Å². The van der Waals surface area contributed by atoms with Gasteiger partial charge in [0.15, 0.2) is 0 Å². The SMILES string of the molecule is CC=C1C2C=C(C)CC1(N=CC=Cc1ccccc1C(=O)N(C)C)c1ccc(=O)[nH]c1C2. The molecule has 2 aromatic rings. The molecule has 0 spiro atoms. The number of nitrogens with zero attached hydrogens (tertiary/aromatic N) is 2. The number of H-pyrrole nitrogens is 1. The molecule has 1 heterocycles. The highest BCUT2D eigenvalue weighted by Gasteiger charge is 2.46. The lowest BCUT2D eigenvalue weighted by Crippen LogP contribution is -2.40. The second-order valence-corrected chi connectivity index (χ2v) is 8.74. The molecule has 32 heavy (non-hydrogen) atoms. The summed E-state index contributed by atoms with van der Waals surface area (Å²) < 4.78 is 0. The van der Waals surface area contributed by atoms with Crippen LogP contribution in [0.2, 0.25) is 0 Å². The van der Waals surface area contributed by atoms with Gasteiger partial charge in [0, 0.05) is 55.5 Å². The predicted octanol–water partition coefficient (Wildman–Crippen LogP) is 4.52. The van der Waals surface area contributed by atoms with Crippen LogP contribution in [0.25, 0.3) is 6.08 Å². The van der Waals surface area contributed by atoms with Gasteiger partial charge in [-0.25, -0.2) is 0 Å². The number of aromatic nitrogens is 1. The molecule has 2 aliphatic rings. The molecule has 4 rings (SSSR count). The lowest BCUT2D eigenvalue weighted by Gasteiger charge is -2.45. The molecule has 2 atom stereocenters. The van der Waals surface area contributed by atoms with Crippen molar-refractivity contribution in [1.82, 2.24) is 9.88 Å². The summed E-state index contributed by atoms with van der Waals surface area (Å²) in [5.41, 5.74) is 5.54. The Morgan fingerprint density at radius 2 is 2.00 bits per heavy atom. The van der Waals surface area contributed by atoms with Crippen LogP contribution in [0, 0.1) is 5.92 Å². The minimum atomic E-state index is -0.515. The first-order valence-electron chi connectivity index (χ1n) is 10.9. The summed E-state index contributed by atoms with van der Waals surface area (Å²) in [5.74, 6) is 0.205. The van der Waals surface area contributed by atoms with Gasteiger partial charge in [0.05, 0.1) is 0 Å². The van der Waals surface area contributed by atoms with Gasteiger partial charge >= 0.3 is 0 Å². The summed E-state index contributed by atoms with van der Waals surface area (Å²) in [5, 5.41) is 0. The molecule has 1 N–H and O–H groups in total. The number of carbonyl (C=O) groups is 1. The molecule has 1 amide bonds. The van der Waals surface area contributed by atoms with Gasteiger partial charge in [-0.05, 0) is 49.6 Å². The summed E-state index contributed by atoms with van der Waals surface area (Å²) in [6, 6.07) is 11.1. The smallest absolute Gasteiger partial charge is 0.253 e. The highest BCUT2D eigenvalue weighted by atomic mass is 16.2. The number of hydrogen-bond acceptors (Lipinski definition) is 3. The van der Waals surface area contributed by atoms with Crippen LogP contribution in [0.15, 0.2) is 75.6 Å². The monoisotopic (exact) mass is 427 g/mol. The largest absolute Gasteiger partial charge is 0.345 e. The van der Waals surface area contributed by atoms with Crippen LogP contribution in [-0.4, -0.2) is 36.1 Å². The van der Waals surface area contributed by atoms with E-state index < -0.39 is 5.54 Å². The van der Waals surface area contributed by atoms with Gasteiger partial charge in [0.25, 0.3) is 5.91 Å². The van der Waals surface area contributed by atoms with Crippen LogP contribution in [0.1, 0.15) is 47.4 Å². The Balaban J connectivity index is 1.74. The highest BCUT2D eigenvalue weighted by molar-refractivity contribution is 5.98. The van der Waals surface area contributed by atoms with E-state index in [1.807, 2.05) is 48.7 Å². The van der Waals surface area contributed by atoms with Gasteiger partial charge in [-0.3, -0.25) is 14.6 Å². The van der Waals surface area contributed by atoms with Gasteiger partial charge in [-0.2, -0.15) is 0 Å². The van der Waals surface area contributed by atoms with E-state index in [1.165, 1.54) is 11.1 Å². The van der Waals surface area contributed by atoms with Crippen LogP contribution < -0.4 is 5.56 Å². The number of pyridine rings is 1. The number of amides is 1. The van der Waals surface area contributed by atoms with E-state index in [-0.39, 0.29) is 17.4 Å². The average molecular weight is 428 g/mol. The Kier molecular flexibility index (Phi) is 5.83. The first-order chi connectivity index (χ1) is 15.4. The fraction of sp³-hybridized carbons (Fsp3) is 0.296. The molecule has 0 saturated carbocycles. The number of carbonyl (C=O) groups excluding carboxylic acids is 1. The Bertz CT molecular complexity index is 1230. The van der Waals surface area contributed by atoms with E-state index in [0.29, 0.717) is 5.56 Å². The van der Waals surface area contributed by atoms with Crippen molar-refractivity contribution >= 4 is 18.2 Å². The van der Waals surface area contributed by atoms with Crippen LogP contribution in [0.5, 0.6) is 0 Å². The van der Waals surface area contributed by atoms with E-state index in [0.717, 1.165) is 29.7 Å². The van der Waals surface area contributed by atoms with Crippen molar-refractivity contribution in [2.24, 2.45) is 10.9 Å². The molecule has 0 aliphatic heterocycles. The number of hydrogen-bond donors (Lipinski definition) is 1. The second kappa shape index (κ2) is 8.58. The van der Waals surface area contributed by atoms with Crippen LogP contribution in [0.4, 0.5) is 0 Å². The van der Waals surface area contributed by atoms with Gasteiger partial charge in [0.1, 0.15) is 5.54 Å². The maximum Gasteiger partial charge on any atom is 0.253 e. The van der Waals surface area contributed by atoms with Crippen LogP contribution >= 0.6 is 0 Å². The number of allylic oxidation sites excluding steroid dienone is 3. The third-order valence-electron chi connectivity index (χ3n) is 6.33. The van der Waals surface area contributed by atoms with E-state index >= 15 is 0 Å². The summed E-state index contributed by atoms with van der Waals surface area (Å²) in [4.78, 5) is 34.2. The number of benzene rings is 1. The molecule has 0 fully saturated rings. The van der Waals surface area contributed by atoms with E-state index in [9.17, 15) is 9.59 Å². The first-order valence-corrected chi connectivity index (χ1v) is 10.9. The normalized spacial score (nSPS) is 23.4. The maximum atomic E-state index is 12.5. The average Bonchev–Trinajstić information content (AvgIpc) is 2.75. The molecular formula is C27H29N3O2. The zero-order chi connectivity index (χ0) is 22.9. The molecule has 0 saturated heterocycles. The van der Waals surface area contributed by atoms with Crippen LogP contribution in [-0.2, 0) is 12.0 Å². The number of aromatic amines is 1. The molecule has 5 heteroatoms. The molecule has 164 valence electrons. The molecule has 2 aliphatic carbocycles.